The summed E-state index contributed by atoms with van der Waals surface area (Å²) < 4.78 is 4.57. The normalized spacial score (nSPS) is 14.2. The zero-order chi connectivity index (χ0) is 13.1. The van der Waals surface area contributed by atoms with E-state index >= 15 is 0 Å². The fourth-order valence-electron chi connectivity index (χ4n) is 1.67. The summed E-state index contributed by atoms with van der Waals surface area (Å²) in [5.41, 5.74) is 6.85. The lowest BCUT2D eigenvalue weighted by molar-refractivity contribution is -0.147. The van der Waals surface area contributed by atoms with Gasteiger partial charge in [-0.15, -0.1) is 0 Å². The van der Waals surface area contributed by atoms with Crippen LogP contribution in [0.2, 0.25) is 0 Å². The van der Waals surface area contributed by atoms with E-state index in [-0.39, 0.29) is 0 Å². The van der Waals surface area contributed by atoms with E-state index in [2.05, 4.69) is 15.0 Å². The largest absolute Gasteiger partial charge is 0.478 e. The molecule has 0 spiro atoms. The van der Waals surface area contributed by atoms with Crippen molar-refractivity contribution >= 4 is 24.1 Å². The Labute approximate surface area is 102 Å². The maximum absolute atomic E-state index is 11.0. The van der Waals surface area contributed by atoms with E-state index in [9.17, 15) is 9.59 Å². The number of carboxylic acids is 1. The number of rotatable bonds is 3. The number of hydrogen-bond donors (Lipinski definition) is 3. The fourth-order valence-corrected chi connectivity index (χ4v) is 1.67. The van der Waals surface area contributed by atoms with Crippen molar-refractivity contribution in [1.29, 1.82) is 0 Å². The molecule has 0 saturated carbocycles. The van der Waals surface area contributed by atoms with Gasteiger partial charge in [0, 0.05) is 11.3 Å². The van der Waals surface area contributed by atoms with Crippen LogP contribution in [0.3, 0.4) is 0 Å². The smallest absolute Gasteiger partial charge is 0.405 e. The van der Waals surface area contributed by atoms with Gasteiger partial charge < -0.3 is 20.9 Å². The molecular weight excluding hydrogens is 238 g/mol. The highest BCUT2D eigenvalue weighted by atomic mass is 16.6. The number of ether oxygens (including phenoxy) is 1. The van der Waals surface area contributed by atoms with Gasteiger partial charge in [0.2, 0.25) is 6.10 Å². The Balaban J connectivity index is 2.31. The van der Waals surface area contributed by atoms with Gasteiger partial charge in [-0.2, -0.15) is 0 Å². The van der Waals surface area contributed by atoms with Crippen molar-refractivity contribution in [2.24, 2.45) is 10.7 Å². The Morgan fingerprint density at radius 1 is 1.50 bits per heavy atom. The van der Waals surface area contributed by atoms with Gasteiger partial charge in [-0.05, 0) is 11.6 Å². The van der Waals surface area contributed by atoms with Crippen LogP contribution in [0.25, 0.3) is 0 Å². The van der Waals surface area contributed by atoms with Crippen LogP contribution in [-0.4, -0.2) is 23.5 Å². The first kappa shape index (κ1) is 11.9. The second-order valence-electron chi connectivity index (χ2n) is 3.69. The Morgan fingerprint density at radius 2 is 2.28 bits per heavy atom. The number of fused-ring (bicyclic) bond motifs is 1. The van der Waals surface area contributed by atoms with Crippen LogP contribution < -0.4 is 11.1 Å². The minimum absolute atomic E-state index is 0.336. The van der Waals surface area contributed by atoms with Crippen molar-refractivity contribution < 1.29 is 19.4 Å². The van der Waals surface area contributed by atoms with Gasteiger partial charge >= 0.3 is 12.1 Å². The lowest BCUT2D eigenvalue weighted by Crippen LogP contribution is -2.23. The molecule has 0 bridgehead atoms. The highest BCUT2D eigenvalue weighted by Crippen LogP contribution is 2.26. The topological polar surface area (TPSA) is 114 Å². The number of aliphatic carboxylic acids is 1. The summed E-state index contributed by atoms with van der Waals surface area (Å²) in [6.45, 7) is 0.525. The molecule has 0 fully saturated rings. The summed E-state index contributed by atoms with van der Waals surface area (Å²) in [5.74, 6) is -1.28. The van der Waals surface area contributed by atoms with Crippen LogP contribution in [0, 0.1) is 0 Å². The molecule has 1 aromatic carbocycles. The monoisotopic (exact) mass is 249 g/mol. The Bertz CT molecular complexity index is 527. The van der Waals surface area contributed by atoms with E-state index in [0.29, 0.717) is 12.1 Å². The molecule has 94 valence electrons. The lowest BCUT2D eigenvalue weighted by atomic mass is 10.0. The van der Waals surface area contributed by atoms with Crippen molar-refractivity contribution in [2.45, 2.75) is 12.6 Å². The maximum atomic E-state index is 11.0. The molecule has 0 saturated heterocycles. The molecule has 0 aromatic heterocycles. The number of amides is 1. The van der Waals surface area contributed by atoms with Crippen LogP contribution in [0.4, 0.5) is 10.5 Å². The third kappa shape index (κ3) is 2.40. The highest BCUT2D eigenvalue weighted by molar-refractivity contribution is 5.82. The van der Waals surface area contributed by atoms with E-state index in [1.54, 1.807) is 18.2 Å². The summed E-state index contributed by atoms with van der Waals surface area (Å²) in [4.78, 5) is 25.7. The highest BCUT2D eigenvalue weighted by Gasteiger charge is 2.24. The zero-order valence-corrected chi connectivity index (χ0v) is 9.29. The number of aliphatic imine (C=N–C) groups is 1. The van der Waals surface area contributed by atoms with Gasteiger partial charge in [0.05, 0.1) is 12.9 Å². The molecule has 1 aliphatic heterocycles. The fraction of sp³-hybridized carbons (Fsp3) is 0.182. The van der Waals surface area contributed by atoms with E-state index in [1.807, 2.05) is 0 Å². The molecule has 1 aliphatic rings. The third-order valence-electron chi connectivity index (χ3n) is 2.47. The molecule has 1 atom stereocenters. The minimum Gasteiger partial charge on any atom is -0.478 e. The van der Waals surface area contributed by atoms with E-state index in [1.165, 1.54) is 6.34 Å². The first-order valence-electron chi connectivity index (χ1n) is 5.14. The molecule has 1 amide bonds. The van der Waals surface area contributed by atoms with Crippen LogP contribution in [0.15, 0.2) is 23.2 Å². The number of anilines is 1. The summed E-state index contributed by atoms with van der Waals surface area (Å²) in [7, 11) is 0. The van der Waals surface area contributed by atoms with Crippen molar-refractivity contribution in [1.82, 2.24) is 0 Å². The zero-order valence-electron chi connectivity index (χ0n) is 9.29. The molecule has 7 nitrogen and oxygen atoms in total. The number of primary amides is 1. The van der Waals surface area contributed by atoms with Crippen molar-refractivity contribution in [2.75, 3.05) is 5.32 Å². The average Bonchev–Trinajstić information content (AvgIpc) is 2.35. The van der Waals surface area contributed by atoms with Crippen LogP contribution in [0.5, 0.6) is 0 Å². The standard InChI is InChI=1S/C11H11N3O4/c12-11(17)18-9(10(15)16)6-1-2-7-4-13-5-14-8(7)3-6/h1-3,5,9H,4H2,(H2,12,17)(H,13,14)(H,15,16). The molecule has 1 unspecified atom stereocenters. The number of nitrogens with one attached hydrogen (secondary N) is 1. The molecule has 4 N–H and O–H groups in total. The van der Waals surface area contributed by atoms with Gasteiger partial charge in [0.25, 0.3) is 0 Å². The Morgan fingerprint density at radius 3 is 2.94 bits per heavy atom. The van der Waals surface area contributed by atoms with E-state index in [4.69, 9.17) is 10.8 Å². The molecule has 1 aromatic rings. The summed E-state index contributed by atoms with van der Waals surface area (Å²) in [5, 5.41) is 11.9. The minimum atomic E-state index is -1.41. The predicted octanol–water partition coefficient (Wildman–Crippen LogP) is 0.861. The molecule has 7 heteroatoms. The van der Waals surface area contributed by atoms with Gasteiger partial charge in [0.1, 0.15) is 0 Å². The molecule has 18 heavy (non-hydrogen) atoms. The van der Waals surface area contributed by atoms with Crippen LogP contribution in [-0.2, 0) is 16.1 Å². The molecular formula is C11H11N3O4. The van der Waals surface area contributed by atoms with Crippen molar-refractivity contribution in [3.8, 4) is 0 Å². The van der Waals surface area contributed by atoms with E-state index < -0.39 is 18.2 Å². The quantitative estimate of drug-likeness (QED) is 0.735. The molecule has 0 aliphatic carbocycles. The molecule has 1 heterocycles. The van der Waals surface area contributed by atoms with E-state index in [0.717, 1.165) is 11.3 Å². The second kappa shape index (κ2) is 4.74. The third-order valence-corrected chi connectivity index (χ3v) is 2.47. The Hall–Kier alpha value is -2.57. The Kier molecular flexibility index (Phi) is 3.13. The number of carbonyl (C=O) groups is 2. The second-order valence-corrected chi connectivity index (χ2v) is 3.69. The summed E-state index contributed by atoms with van der Waals surface area (Å²) >= 11 is 0. The summed E-state index contributed by atoms with van der Waals surface area (Å²) in [6.07, 6.45) is -1.01. The summed E-state index contributed by atoms with van der Waals surface area (Å²) in [6, 6.07) is 4.90. The van der Waals surface area contributed by atoms with Crippen LogP contribution >= 0.6 is 0 Å². The predicted molar refractivity (Wildman–Crippen MR) is 63.3 cm³/mol. The number of carboxylic acid groups (broad SMARTS) is 1. The van der Waals surface area contributed by atoms with Crippen molar-refractivity contribution in [3.05, 3.63) is 29.3 Å². The molecule has 0 radical (unpaired) electrons. The number of nitrogens with zero attached hydrogens (tertiary/aromatic N) is 1. The first-order valence-corrected chi connectivity index (χ1v) is 5.14. The average molecular weight is 249 g/mol. The SMILES string of the molecule is NC(=O)OC(C(=O)O)c1ccc2c(c1)NC=NC2. The number of hydrogen-bond acceptors (Lipinski definition) is 5. The lowest BCUT2D eigenvalue weighted by Gasteiger charge is -2.17. The number of carbonyl (C=O) groups excluding carboxylic acids is 1. The van der Waals surface area contributed by atoms with Gasteiger partial charge in [-0.3, -0.25) is 4.99 Å². The molecule has 2 rings (SSSR count). The van der Waals surface area contributed by atoms with Gasteiger partial charge in [-0.1, -0.05) is 12.1 Å². The van der Waals surface area contributed by atoms with Crippen molar-refractivity contribution in [3.63, 3.8) is 0 Å². The van der Waals surface area contributed by atoms with Gasteiger partial charge in [-0.25, -0.2) is 9.59 Å². The van der Waals surface area contributed by atoms with Gasteiger partial charge in [0.15, 0.2) is 0 Å². The first-order chi connectivity index (χ1) is 8.58. The van der Waals surface area contributed by atoms with Crippen LogP contribution in [0.1, 0.15) is 17.2 Å². The maximum Gasteiger partial charge on any atom is 0.405 e. The number of nitrogens with two attached hydrogens (primary N) is 1. The number of benzene rings is 1.